The van der Waals surface area contributed by atoms with Crippen LogP contribution in [0.2, 0.25) is 0 Å². The van der Waals surface area contributed by atoms with E-state index in [1.165, 1.54) is 11.1 Å². The molecule has 1 aromatic rings. The maximum Gasteiger partial charge on any atom is 0.0866 e. The molecule has 0 spiro atoms. The molecule has 2 atom stereocenters. The SMILES string of the molecule is Cc1cccc(C2CC(NCC(C)(C)C)CN(CC#N)C2)c1. The minimum Gasteiger partial charge on any atom is -0.312 e. The Morgan fingerprint density at radius 3 is 2.73 bits per heavy atom. The number of piperidine rings is 1. The monoisotopic (exact) mass is 299 g/mol. The molecule has 0 aliphatic carbocycles. The van der Waals surface area contributed by atoms with Gasteiger partial charge < -0.3 is 5.32 Å². The molecule has 0 radical (unpaired) electrons. The van der Waals surface area contributed by atoms with Gasteiger partial charge in [-0.25, -0.2) is 0 Å². The van der Waals surface area contributed by atoms with Crippen LogP contribution in [-0.4, -0.2) is 37.1 Å². The van der Waals surface area contributed by atoms with Gasteiger partial charge in [0.15, 0.2) is 0 Å². The topological polar surface area (TPSA) is 39.1 Å². The number of hydrogen-bond acceptors (Lipinski definition) is 3. The van der Waals surface area contributed by atoms with Crippen LogP contribution in [0.4, 0.5) is 0 Å². The molecule has 1 saturated heterocycles. The molecular weight excluding hydrogens is 270 g/mol. The van der Waals surface area contributed by atoms with Gasteiger partial charge >= 0.3 is 0 Å². The summed E-state index contributed by atoms with van der Waals surface area (Å²) in [7, 11) is 0. The number of likely N-dealkylation sites (tertiary alicyclic amines) is 1. The fourth-order valence-electron chi connectivity index (χ4n) is 3.18. The molecule has 1 fully saturated rings. The van der Waals surface area contributed by atoms with Gasteiger partial charge in [-0.15, -0.1) is 0 Å². The summed E-state index contributed by atoms with van der Waals surface area (Å²) in [6, 6.07) is 11.6. The summed E-state index contributed by atoms with van der Waals surface area (Å²) in [5.41, 5.74) is 3.01. The first-order valence-corrected chi connectivity index (χ1v) is 8.26. The highest BCUT2D eigenvalue weighted by atomic mass is 15.2. The van der Waals surface area contributed by atoms with E-state index in [2.05, 4.69) is 68.2 Å². The van der Waals surface area contributed by atoms with Crippen molar-refractivity contribution in [1.82, 2.24) is 10.2 Å². The second-order valence-electron chi connectivity index (χ2n) is 7.84. The van der Waals surface area contributed by atoms with Crippen molar-refractivity contribution in [2.24, 2.45) is 5.41 Å². The van der Waals surface area contributed by atoms with Crippen molar-refractivity contribution in [1.29, 1.82) is 5.26 Å². The molecule has 1 aliphatic rings. The first kappa shape index (κ1) is 17.0. The third kappa shape index (κ3) is 5.12. The van der Waals surface area contributed by atoms with Gasteiger partial charge in [0.1, 0.15) is 0 Å². The summed E-state index contributed by atoms with van der Waals surface area (Å²) in [6.45, 7) is 12.4. The molecule has 2 rings (SSSR count). The highest BCUT2D eigenvalue weighted by molar-refractivity contribution is 5.26. The summed E-state index contributed by atoms with van der Waals surface area (Å²) in [5.74, 6) is 0.513. The van der Waals surface area contributed by atoms with Crippen LogP contribution in [0.3, 0.4) is 0 Å². The number of nitriles is 1. The van der Waals surface area contributed by atoms with Gasteiger partial charge in [-0.2, -0.15) is 5.26 Å². The lowest BCUT2D eigenvalue weighted by Gasteiger charge is -2.38. The van der Waals surface area contributed by atoms with Crippen LogP contribution in [-0.2, 0) is 0 Å². The van der Waals surface area contributed by atoms with Gasteiger partial charge in [-0.1, -0.05) is 50.6 Å². The third-order valence-corrected chi connectivity index (χ3v) is 4.26. The van der Waals surface area contributed by atoms with E-state index in [1.807, 2.05) is 0 Å². The van der Waals surface area contributed by atoms with Crippen LogP contribution in [0.15, 0.2) is 24.3 Å². The Hall–Kier alpha value is -1.37. The number of benzene rings is 1. The molecule has 1 N–H and O–H groups in total. The van der Waals surface area contributed by atoms with E-state index in [-0.39, 0.29) is 5.41 Å². The van der Waals surface area contributed by atoms with E-state index in [4.69, 9.17) is 5.26 Å². The number of rotatable bonds is 4. The Balaban J connectivity index is 2.08. The van der Waals surface area contributed by atoms with Crippen LogP contribution in [0, 0.1) is 23.7 Å². The molecule has 22 heavy (non-hydrogen) atoms. The van der Waals surface area contributed by atoms with E-state index in [9.17, 15) is 0 Å². The molecule has 1 aliphatic heterocycles. The zero-order chi connectivity index (χ0) is 16.2. The minimum atomic E-state index is 0.288. The van der Waals surface area contributed by atoms with E-state index >= 15 is 0 Å². The average Bonchev–Trinajstić information content (AvgIpc) is 2.45. The summed E-state index contributed by atoms with van der Waals surface area (Å²) in [4.78, 5) is 2.29. The Bertz CT molecular complexity index is 524. The molecule has 1 aromatic carbocycles. The van der Waals surface area contributed by atoms with Crippen molar-refractivity contribution in [3.8, 4) is 6.07 Å². The first-order valence-electron chi connectivity index (χ1n) is 8.26. The lowest BCUT2D eigenvalue weighted by atomic mass is 9.86. The zero-order valence-corrected chi connectivity index (χ0v) is 14.4. The number of hydrogen-bond donors (Lipinski definition) is 1. The smallest absolute Gasteiger partial charge is 0.0866 e. The molecule has 3 heteroatoms. The fraction of sp³-hybridized carbons (Fsp3) is 0.632. The standard InChI is InChI=1S/C19H29N3/c1-15-6-5-7-16(10-15)17-11-18(21-14-19(2,3)4)13-22(12-17)9-8-20/h5-7,10,17-18,21H,9,11-14H2,1-4H3. The summed E-state index contributed by atoms with van der Waals surface area (Å²) in [6.07, 6.45) is 1.15. The maximum atomic E-state index is 9.05. The van der Waals surface area contributed by atoms with Gasteiger partial charge in [0, 0.05) is 25.7 Å². The normalized spacial score (nSPS) is 23.2. The summed E-state index contributed by atoms with van der Waals surface area (Å²) in [5, 5.41) is 12.8. The van der Waals surface area contributed by atoms with Gasteiger partial charge in [0.2, 0.25) is 0 Å². The first-order chi connectivity index (χ1) is 10.4. The second kappa shape index (κ2) is 7.26. The van der Waals surface area contributed by atoms with Gasteiger partial charge in [-0.3, -0.25) is 4.90 Å². The zero-order valence-electron chi connectivity index (χ0n) is 14.4. The van der Waals surface area contributed by atoms with Crippen molar-refractivity contribution in [2.75, 3.05) is 26.2 Å². The quantitative estimate of drug-likeness (QED) is 0.867. The Morgan fingerprint density at radius 2 is 2.09 bits per heavy atom. The van der Waals surface area contributed by atoms with Crippen LogP contribution in [0.25, 0.3) is 0 Å². The number of nitrogens with one attached hydrogen (secondary N) is 1. The Kier molecular flexibility index (Phi) is 5.61. The van der Waals surface area contributed by atoms with E-state index in [1.54, 1.807) is 0 Å². The molecule has 2 unspecified atom stereocenters. The molecular formula is C19H29N3. The summed E-state index contributed by atoms with van der Waals surface area (Å²) < 4.78 is 0. The minimum absolute atomic E-state index is 0.288. The Morgan fingerprint density at radius 1 is 1.32 bits per heavy atom. The van der Waals surface area contributed by atoms with Gasteiger partial charge in [0.25, 0.3) is 0 Å². The molecule has 0 saturated carbocycles. The van der Waals surface area contributed by atoms with Crippen molar-refractivity contribution in [2.45, 2.75) is 46.1 Å². The lowest BCUT2D eigenvalue weighted by molar-refractivity contribution is 0.179. The Labute approximate surface area is 135 Å². The van der Waals surface area contributed by atoms with Crippen molar-refractivity contribution in [3.63, 3.8) is 0 Å². The fourth-order valence-corrected chi connectivity index (χ4v) is 3.18. The maximum absolute atomic E-state index is 9.05. The van der Waals surface area contributed by atoms with Crippen LogP contribution < -0.4 is 5.32 Å². The van der Waals surface area contributed by atoms with Crippen LogP contribution in [0.5, 0.6) is 0 Å². The predicted octanol–water partition coefficient (Wildman–Crippen LogP) is 3.31. The highest BCUT2D eigenvalue weighted by Gasteiger charge is 2.28. The molecule has 1 heterocycles. The lowest BCUT2D eigenvalue weighted by Crippen LogP contribution is -2.50. The highest BCUT2D eigenvalue weighted by Crippen LogP contribution is 2.28. The van der Waals surface area contributed by atoms with Crippen LogP contribution >= 0.6 is 0 Å². The molecule has 0 amide bonds. The van der Waals surface area contributed by atoms with Crippen LogP contribution in [0.1, 0.15) is 44.2 Å². The molecule has 120 valence electrons. The van der Waals surface area contributed by atoms with Crippen molar-refractivity contribution in [3.05, 3.63) is 35.4 Å². The van der Waals surface area contributed by atoms with E-state index in [0.29, 0.717) is 18.5 Å². The van der Waals surface area contributed by atoms with Crippen molar-refractivity contribution >= 4 is 0 Å². The largest absolute Gasteiger partial charge is 0.312 e. The van der Waals surface area contributed by atoms with E-state index in [0.717, 1.165) is 26.1 Å². The van der Waals surface area contributed by atoms with Crippen molar-refractivity contribution < 1.29 is 0 Å². The summed E-state index contributed by atoms with van der Waals surface area (Å²) >= 11 is 0. The predicted molar refractivity (Wildman–Crippen MR) is 91.8 cm³/mol. The van der Waals surface area contributed by atoms with Gasteiger partial charge in [0.05, 0.1) is 12.6 Å². The molecule has 3 nitrogen and oxygen atoms in total. The second-order valence-corrected chi connectivity index (χ2v) is 7.84. The van der Waals surface area contributed by atoms with E-state index < -0.39 is 0 Å². The number of aryl methyl sites for hydroxylation is 1. The average molecular weight is 299 g/mol. The molecule has 0 bridgehead atoms. The third-order valence-electron chi connectivity index (χ3n) is 4.26. The van der Waals surface area contributed by atoms with Gasteiger partial charge in [-0.05, 0) is 30.2 Å². The molecule has 0 aromatic heterocycles. The number of nitrogens with zero attached hydrogens (tertiary/aromatic N) is 2.